The van der Waals surface area contributed by atoms with Crippen LogP contribution in [0.4, 0.5) is 17.3 Å². The summed E-state index contributed by atoms with van der Waals surface area (Å²) in [5.74, 6) is 1.55. The lowest BCUT2D eigenvalue weighted by atomic mass is 10.2. The molecule has 0 radical (unpaired) electrons. The van der Waals surface area contributed by atoms with Gasteiger partial charge in [-0.1, -0.05) is 0 Å². The van der Waals surface area contributed by atoms with Gasteiger partial charge in [0.05, 0.1) is 16.8 Å². The van der Waals surface area contributed by atoms with Crippen LogP contribution in [0.3, 0.4) is 0 Å². The highest BCUT2D eigenvalue weighted by molar-refractivity contribution is 5.80. The lowest BCUT2D eigenvalue weighted by molar-refractivity contribution is -0.384. The Labute approximate surface area is 128 Å². The summed E-state index contributed by atoms with van der Waals surface area (Å²) in [6.45, 7) is 3.87. The van der Waals surface area contributed by atoms with Crippen molar-refractivity contribution in [3.05, 3.63) is 51.8 Å². The molecule has 0 spiro atoms. The predicted octanol–water partition coefficient (Wildman–Crippen LogP) is 3.85. The summed E-state index contributed by atoms with van der Waals surface area (Å²) >= 11 is 0. The predicted molar refractivity (Wildman–Crippen MR) is 85.2 cm³/mol. The highest BCUT2D eigenvalue weighted by atomic mass is 16.6. The molecule has 0 bridgehead atoms. The Bertz CT molecular complexity index is 715. The first kappa shape index (κ1) is 14.3. The third-order valence-electron chi connectivity index (χ3n) is 3.75. The summed E-state index contributed by atoms with van der Waals surface area (Å²) in [5, 5.41) is 10.7. The highest BCUT2D eigenvalue weighted by Gasteiger charge is 2.15. The Morgan fingerprint density at radius 1 is 1.27 bits per heavy atom. The largest absolute Gasteiger partial charge is 0.440 e. The zero-order valence-corrected chi connectivity index (χ0v) is 12.4. The molecular weight excluding hydrogens is 282 g/mol. The number of aliphatic imine (C=N–C) groups is 1. The minimum absolute atomic E-state index is 0.0748. The van der Waals surface area contributed by atoms with E-state index in [9.17, 15) is 10.1 Å². The summed E-state index contributed by atoms with van der Waals surface area (Å²) in [6.07, 6.45) is 4.05. The summed E-state index contributed by atoms with van der Waals surface area (Å²) in [6, 6.07) is 8.46. The SMILES string of the molecule is Cc1cc([N+](=O)[O-])ccc1N=Cc1ccc(N2CCCC2)o1. The maximum atomic E-state index is 10.7. The van der Waals surface area contributed by atoms with E-state index in [4.69, 9.17) is 4.42 Å². The summed E-state index contributed by atoms with van der Waals surface area (Å²) < 4.78 is 5.76. The number of rotatable bonds is 4. The maximum absolute atomic E-state index is 10.7. The molecule has 3 rings (SSSR count). The minimum Gasteiger partial charge on any atom is -0.440 e. The number of furan rings is 1. The Morgan fingerprint density at radius 2 is 2.05 bits per heavy atom. The zero-order valence-electron chi connectivity index (χ0n) is 12.4. The van der Waals surface area contributed by atoms with Crippen LogP contribution < -0.4 is 4.90 Å². The number of nitro groups is 1. The number of aryl methyl sites for hydroxylation is 1. The van der Waals surface area contributed by atoms with E-state index in [-0.39, 0.29) is 5.69 Å². The monoisotopic (exact) mass is 299 g/mol. The minimum atomic E-state index is -0.407. The van der Waals surface area contributed by atoms with Crippen molar-refractivity contribution in [2.75, 3.05) is 18.0 Å². The van der Waals surface area contributed by atoms with Crippen LogP contribution in [0.2, 0.25) is 0 Å². The lowest BCUT2D eigenvalue weighted by Gasteiger charge is -2.12. The fourth-order valence-corrected chi connectivity index (χ4v) is 2.55. The van der Waals surface area contributed by atoms with Crippen molar-refractivity contribution in [3.63, 3.8) is 0 Å². The number of hydrogen-bond donors (Lipinski definition) is 0. The molecular formula is C16H17N3O3. The van der Waals surface area contributed by atoms with Gasteiger partial charge in [0.1, 0.15) is 5.76 Å². The molecule has 1 aliphatic rings. The van der Waals surface area contributed by atoms with E-state index in [2.05, 4.69) is 9.89 Å². The van der Waals surface area contributed by atoms with Gasteiger partial charge < -0.3 is 9.32 Å². The van der Waals surface area contributed by atoms with Gasteiger partial charge in [0.15, 0.2) is 5.88 Å². The van der Waals surface area contributed by atoms with Crippen LogP contribution >= 0.6 is 0 Å². The van der Waals surface area contributed by atoms with E-state index in [1.165, 1.54) is 25.0 Å². The highest BCUT2D eigenvalue weighted by Crippen LogP contribution is 2.25. The second-order valence-corrected chi connectivity index (χ2v) is 5.36. The molecule has 1 aliphatic heterocycles. The second-order valence-electron chi connectivity index (χ2n) is 5.36. The van der Waals surface area contributed by atoms with E-state index in [1.807, 2.05) is 12.1 Å². The topological polar surface area (TPSA) is 71.9 Å². The van der Waals surface area contributed by atoms with Crippen LogP contribution in [0.15, 0.2) is 39.7 Å². The number of hydrogen-bond acceptors (Lipinski definition) is 5. The van der Waals surface area contributed by atoms with Gasteiger partial charge in [0.25, 0.3) is 5.69 Å². The first-order valence-electron chi connectivity index (χ1n) is 7.27. The van der Waals surface area contributed by atoms with Crippen molar-refractivity contribution in [3.8, 4) is 0 Å². The van der Waals surface area contributed by atoms with Crippen molar-refractivity contribution < 1.29 is 9.34 Å². The molecule has 0 aliphatic carbocycles. The first-order chi connectivity index (χ1) is 10.6. The van der Waals surface area contributed by atoms with Gasteiger partial charge in [-0.05, 0) is 37.5 Å². The molecule has 0 saturated carbocycles. The van der Waals surface area contributed by atoms with Gasteiger partial charge in [-0.15, -0.1) is 0 Å². The molecule has 1 aromatic carbocycles. The molecule has 6 nitrogen and oxygen atoms in total. The fraction of sp³-hybridized carbons (Fsp3) is 0.312. The molecule has 2 aromatic rings. The van der Waals surface area contributed by atoms with Gasteiger partial charge in [-0.25, -0.2) is 0 Å². The molecule has 1 fully saturated rings. The number of benzene rings is 1. The van der Waals surface area contributed by atoms with Crippen molar-refractivity contribution >= 4 is 23.5 Å². The van der Waals surface area contributed by atoms with Crippen molar-refractivity contribution in [1.82, 2.24) is 0 Å². The van der Waals surface area contributed by atoms with Crippen LogP contribution in [0.1, 0.15) is 24.2 Å². The Morgan fingerprint density at radius 3 is 2.73 bits per heavy atom. The van der Waals surface area contributed by atoms with E-state index < -0.39 is 4.92 Å². The number of nitro benzene ring substituents is 1. The van der Waals surface area contributed by atoms with Crippen molar-refractivity contribution in [2.45, 2.75) is 19.8 Å². The summed E-state index contributed by atoms with van der Waals surface area (Å²) in [7, 11) is 0. The van der Waals surface area contributed by atoms with E-state index in [1.54, 1.807) is 19.2 Å². The number of non-ortho nitro benzene ring substituents is 1. The zero-order chi connectivity index (χ0) is 15.5. The van der Waals surface area contributed by atoms with Gasteiger partial charge in [0, 0.05) is 31.3 Å². The lowest BCUT2D eigenvalue weighted by Crippen LogP contribution is -2.16. The van der Waals surface area contributed by atoms with Gasteiger partial charge >= 0.3 is 0 Å². The van der Waals surface area contributed by atoms with Crippen LogP contribution in [0.5, 0.6) is 0 Å². The van der Waals surface area contributed by atoms with Crippen LogP contribution in [-0.4, -0.2) is 24.2 Å². The second kappa shape index (κ2) is 6.01. The van der Waals surface area contributed by atoms with Gasteiger partial charge in [0.2, 0.25) is 0 Å². The summed E-state index contributed by atoms with van der Waals surface area (Å²) in [5.41, 5.74) is 1.53. The van der Waals surface area contributed by atoms with Crippen LogP contribution in [0.25, 0.3) is 0 Å². The van der Waals surface area contributed by atoms with Gasteiger partial charge in [-0.2, -0.15) is 0 Å². The van der Waals surface area contributed by atoms with Crippen LogP contribution in [-0.2, 0) is 0 Å². The van der Waals surface area contributed by atoms with Crippen molar-refractivity contribution in [2.24, 2.45) is 4.99 Å². The smallest absolute Gasteiger partial charge is 0.269 e. The Hall–Kier alpha value is -2.63. The van der Waals surface area contributed by atoms with Gasteiger partial charge in [-0.3, -0.25) is 15.1 Å². The third kappa shape index (κ3) is 3.00. The quantitative estimate of drug-likeness (QED) is 0.488. The normalized spacial score (nSPS) is 14.9. The summed E-state index contributed by atoms with van der Waals surface area (Å²) in [4.78, 5) is 16.9. The Kier molecular flexibility index (Phi) is 3.91. The molecule has 0 amide bonds. The molecule has 2 heterocycles. The molecule has 114 valence electrons. The van der Waals surface area contributed by atoms with E-state index in [0.717, 1.165) is 24.5 Å². The maximum Gasteiger partial charge on any atom is 0.269 e. The molecule has 1 aromatic heterocycles. The van der Waals surface area contributed by atoms with Crippen LogP contribution in [0, 0.1) is 17.0 Å². The van der Waals surface area contributed by atoms with E-state index >= 15 is 0 Å². The first-order valence-corrected chi connectivity index (χ1v) is 7.27. The fourth-order valence-electron chi connectivity index (χ4n) is 2.55. The molecule has 1 saturated heterocycles. The number of nitrogens with zero attached hydrogens (tertiary/aromatic N) is 3. The molecule has 0 unspecified atom stereocenters. The number of anilines is 1. The average molecular weight is 299 g/mol. The third-order valence-corrected chi connectivity index (χ3v) is 3.75. The molecule has 0 N–H and O–H groups in total. The Balaban J connectivity index is 1.75. The average Bonchev–Trinajstić information content (AvgIpc) is 3.16. The molecule has 6 heteroatoms. The standard InChI is InChI=1S/C16H17N3O3/c1-12-10-13(19(20)21)4-6-15(12)17-11-14-5-7-16(22-14)18-8-2-3-9-18/h4-7,10-11H,2-3,8-9H2,1H3. The molecule has 0 atom stereocenters. The van der Waals surface area contributed by atoms with E-state index in [0.29, 0.717) is 11.4 Å². The molecule has 22 heavy (non-hydrogen) atoms. The van der Waals surface area contributed by atoms with Crippen molar-refractivity contribution in [1.29, 1.82) is 0 Å².